The number of hydrogen-bond acceptors (Lipinski definition) is 4. The fraction of sp³-hybridized carbons (Fsp3) is 0.333. The monoisotopic (exact) mass is 308 g/mol. The first-order valence-corrected chi connectivity index (χ1v) is 7.00. The summed E-state index contributed by atoms with van der Waals surface area (Å²) < 4.78 is 5.59. The molecular formula is C15H17ClN2O3. The van der Waals surface area contributed by atoms with Gasteiger partial charge in [-0.05, 0) is 26.0 Å². The van der Waals surface area contributed by atoms with Gasteiger partial charge in [0.05, 0.1) is 29.3 Å². The van der Waals surface area contributed by atoms with Gasteiger partial charge in [-0.1, -0.05) is 23.7 Å². The summed E-state index contributed by atoms with van der Waals surface area (Å²) in [6.45, 7) is 3.38. The molecule has 0 aliphatic carbocycles. The zero-order chi connectivity index (χ0) is 15.4. The second-order valence-corrected chi connectivity index (χ2v) is 5.24. The van der Waals surface area contributed by atoms with Crippen LogP contribution >= 0.6 is 11.6 Å². The first-order chi connectivity index (χ1) is 10.0. The molecule has 1 atom stereocenters. The van der Waals surface area contributed by atoms with E-state index in [9.17, 15) is 4.79 Å². The Morgan fingerprint density at radius 2 is 2.19 bits per heavy atom. The van der Waals surface area contributed by atoms with E-state index < -0.39 is 0 Å². The van der Waals surface area contributed by atoms with Gasteiger partial charge < -0.3 is 14.8 Å². The second-order valence-electron chi connectivity index (χ2n) is 4.83. The van der Waals surface area contributed by atoms with Crippen molar-refractivity contribution in [3.63, 3.8) is 0 Å². The van der Waals surface area contributed by atoms with Crippen LogP contribution in [0.25, 0.3) is 11.5 Å². The molecule has 0 aliphatic heterocycles. The quantitative estimate of drug-likeness (QED) is 0.889. The first-order valence-electron chi connectivity index (χ1n) is 6.62. The average molecular weight is 309 g/mol. The van der Waals surface area contributed by atoms with Crippen molar-refractivity contribution in [1.82, 2.24) is 10.3 Å². The van der Waals surface area contributed by atoms with Crippen molar-refractivity contribution in [2.75, 3.05) is 6.61 Å². The molecule has 0 saturated carbocycles. The third-order valence-electron chi connectivity index (χ3n) is 3.01. The molecule has 5 nitrogen and oxygen atoms in total. The summed E-state index contributed by atoms with van der Waals surface area (Å²) in [5.74, 6) is 0.770. The third-order valence-corrected chi connectivity index (χ3v) is 3.34. The molecule has 6 heteroatoms. The van der Waals surface area contributed by atoms with E-state index in [1.807, 2.05) is 18.2 Å². The number of halogens is 1. The lowest BCUT2D eigenvalue weighted by Gasteiger charge is -2.09. The van der Waals surface area contributed by atoms with Crippen LogP contribution in [0.15, 0.2) is 28.7 Å². The minimum atomic E-state index is -0.284. The molecule has 1 aromatic carbocycles. The number of aromatic nitrogens is 1. The molecule has 0 spiro atoms. The molecule has 2 rings (SSSR count). The molecule has 0 radical (unpaired) electrons. The predicted octanol–water partition coefficient (Wildman–Crippen LogP) is 2.34. The molecule has 2 N–H and O–H groups in total. The minimum absolute atomic E-state index is 0.101. The van der Waals surface area contributed by atoms with E-state index in [0.717, 1.165) is 0 Å². The molecule has 1 aromatic heterocycles. The molecule has 2 aromatic rings. The number of hydrogen-bond donors (Lipinski definition) is 2. The highest BCUT2D eigenvalue weighted by Gasteiger charge is 2.16. The SMILES string of the molecule is Cc1oc(-c2ccccc2Cl)nc1CC(=O)NC(C)CO. The number of oxazole rings is 1. The van der Waals surface area contributed by atoms with Crippen LogP contribution in [-0.4, -0.2) is 28.6 Å². The van der Waals surface area contributed by atoms with Crippen molar-refractivity contribution in [3.05, 3.63) is 40.7 Å². The maximum Gasteiger partial charge on any atom is 0.228 e. The normalized spacial score (nSPS) is 12.2. The second kappa shape index (κ2) is 6.74. The summed E-state index contributed by atoms with van der Waals surface area (Å²) in [5, 5.41) is 12.1. The predicted molar refractivity (Wildman–Crippen MR) is 80.1 cm³/mol. The van der Waals surface area contributed by atoms with Crippen LogP contribution in [0.4, 0.5) is 0 Å². The Hall–Kier alpha value is -1.85. The summed E-state index contributed by atoms with van der Waals surface area (Å²) >= 11 is 6.11. The van der Waals surface area contributed by atoms with Gasteiger partial charge in [0.1, 0.15) is 5.76 Å². The number of nitrogens with one attached hydrogen (secondary N) is 1. The van der Waals surface area contributed by atoms with Crippen LogP contribution in [0.2, 0.25) is 5.02 Å². The zero-order valence-corrected chi connectivity index (χ0v) is 12.6. The Kier molecular flexibility index (Phi) is 4.98. The van der Waals surface area contributed by atoms with Crippen LogP contribution in [0.1, 0.15) is 18.4 Å². The van der Waals surface area contributed by atoms with Gasteiger partial charge in [0.15, 0.2) is 0 Å². The molecule has 21 heavy (non-hydrogen) atoms. The molecule has 112 valence electrons. The zero-order valence-electron chi connectivity index (χ0n) is 11.9. The molecule has 1 unspecified atom stereocenters. The molecule has 0 aliphatic rings. The number of aliphatic hydroxyl groups excluding tert-OH is 1. The van der Waals surface area contributed by atoms with Gasteiger partial charge in [0, 0.05) is 6.04 Å². The molecule has 1 heterocycles. The minimum Gasteiger partial charge on any atom is -0.441 e. The summed E-state index contributed by atoms with van der Waals surface area (Å²) in [4.78, 5) is 16.2. The van der Waals surface area contributed by atoms with Crippen LogP contribution < -0.4 is 5.32 Å². The lowest BCUT2D eigenvalue weighted by molar-refractivity contribution is -0.121. The van der Waals surface area contributed by atoms with E-state index >= 15 is 0 Å². The Morgan fingerprint density at radius 1 is 1.48 bits per heavy atom. The van der Waals surface area contributed by atoms with E-state index in [0.29, 0.717) is 27.9 Å². The molecule has 0 bridgehead atoms. The van der Waals surface area contributed by atoms with E-state index in [2.05, 4.69) is 10.3 Å². The summed E-state index contributed by atoms with van der Waals surface area (Å²) in [7, 11) is 0. The van der Waals surface area contributed by atoms with E-state index in [-0.39, 0.29) is 25.0 Å². The van der Waals surface area contributed by atoms with Gasteiger partial charge in [0.2, 0.25) is 11.8 Å². The van der Waals surface area contributed by atoms with Gasteiger partial charge >= 0.3 is 0 Å². The highest BCUT2D eigenvalue weighted by Crippen LogP contribution is 2.28. The lowest BCUT2D eigenvalue weighted by atomic mass is 10.2. The van der Waals surface area contributed by atoms with Gasteiger partial charge in [-0.2, -0.15) is 0 Å². The number of rotatable bonds is 5. The van der Waals surface area contributed by atoms with Gasteiger partial charge in [-0.25, -0.2) is 4.98 Å². The van der Waals surface area contributed by atoms with Crippen molar-refractivity contribution in [2.45, 2.75) is 26.3 Å². The fourth-order valence-electron chi connectivity index (χ4n) is 1.87. The number of carbonyl (C=O) groups excluding carboxylic acids is 1. The standard InChI is InChI=1S/C15H17ClN2O3/c1-9(8-19)17-14(20)7-13-10(2)21-15(18-13)11-5-3-4-6-12(11)16/h3-6,9,19H,7-8H2,1-2H3,(H,17,20). The largest absolute Gasteiger partial charge is 0.441 e. The van der Waals surface area contributed by atoms with Crippen LogP contribution in [0.3, 0.4) is 0 Å². The maximum absolute atomic E-state index is 11.8. The lowest BCUT2D eigenvalue weighted by Crippen LogP contribution is -2.36. The Balaban J connectivity index is 2.17. The van der Waals surface area contributed by atoms with Gasteiger partial charge in [0.25, 0.3) is 0 Å². The molecule has 0 fully saturated rings. The van der Waals surface area contributed by atoms with E-state index in [1.165, 1.54) is 0 Å². The summed E-state index contributed by atoms with van der Waals surface area (Å²) in [5.41, 5.74) is 1.25. The molecule has 1 amide bonds. The number of amides is 1. The third kappa shape index (κ3) is 3.83. The van der Waals surface area contributed by atoms with Crippen molar-refractivity contribution >= 4 is 17.5 Å². The average Bonchev–Trinajstić information content (AvgIpc) is 2.80. The summed E-state index contributed by atoms with van der Waals surface area (Å²) in [6, 6.07) is 6.95. The first kappa shape index (κ1) is 15.5. The number of benzene rings is 1. The topological polar surface area (TPSA) is 75.4 Å². The van der Waals surface area contributed by atoms with Crippen molar-refractivity contribution in [2.24, 2.45) is 0 Å². The molecular weight excluding hydrogens is 292 g/mol. The van der Waals surface area contributed by atoms with Crippen molar-refractivity contribution < 1.29 is 14.3 Å². The van der Waals surface area contributed by atoms with Gasteiger partial charge in [-0.15, -0.1) is 0 Å². The summed E-state index contributed by atoms with van der Waals surface area (Å²) in [6.07, 6.45) is 0.101. The van der Waals surface area contributed by atoms with Crippen molar-refractivity contribution in [3.8, 4) is 11.5 Å². The number of aliphatic hydroxyl groups is 1. The number of aryl methyl sites for hydroxylation is 1. The van der Waals surface area contributed by atoms with Gasteiger partial charge in [-0.3, -0.25) is 4.79 Å². The highest BCUT2D eigenvalue weighted by atomic mass is 35.5. The smallest absolute Gasteiger partial charge is 0.228 e. The van der Waals surface area contributed by atoms with E-state index in [1.54, 1.807) is 19.9 Å². The Labute approximate surface area is 128 Å². The van der Waals surface area contributed by atoms with Crippen LogP contribution in [-0.2, 0) is 11.2 Å². The maximum atomic E-state index is 11.8. The van der Waals surface area contributed by atoms with Crippen LogP contribution in [0, 0.1) is 6.92 Å². The van der Waals surface area contributed by atoms with Crippen LogP contribution in [0.5, 0.6) is 0 Å². The molecule has 0 saturated heterocycles. The highest BCUT2D eigenvalue weighted by molar-refractivity contribution is 6.33. The number of nitrogens with zero attached hydrogens (tertiary/aromatic N) is 1. The van der Waals surface area contributed by atoms with Crippen molar-refractivity contribution in [1.29, 1.82) is 0 Å². The Morgan fingerprint density at radius 3 is 2.86 bits per heavy atom. The van der Waals surface area contributed by atoms with E-state index in [4.69, 9.17) is 21.1 Å². The fourth-order valence-corrected chi connectivity index (χ4v) is 2.08. The number of carbonyl (C=O) groups is 1. The Bertz CT molecular complexity index is 640.